The van der Waals surface area contributed by atoms with E-state index in [1.165, 1.54) is 6.42 Å². The summed E-state index contributed by atoms with van der Waals surface area (Å²) in [5.74, 6) is 0.380. The second-order valence-electron chi connectivity index (χ2n) is 5.92. The Bertz CT molecular complexity index is 596. The lowest BCUT2D eigenvalue weighted by Gasteiger charge is -2.29. The topological polar surface area (TPSA) is 72.2 Å². The van der Waals surface area contributed by atoms with Crippen LogP contribution in [0.3, 0.4) is 0 Å². The highest BCUT2D eigenvalue weighted by Crippen LogP contribution is 2.29. The summed E-state index contributed by atoms with van der Waals surface area (Å²) in [6.45, 7) is 5.82. The first-order valence-electron chi connectivity index (χ1n) is 7.21. The molecule has 20 heavy (non-hydrogen) atoms. The van der Waals surface area contributed by atoms with Crippen LogP contribution in [0.15, 0.2) is 17.0 Å². The Labute approximate surface area is 121 Å². The fourth-order valence-corrected chi connectivity index (χ4v) is 4.73. The molecule has 112 valence electrons. The molecule has 3 N–H and O–H groups in total. The highest BCUT2D eigenvalue weighted by atomic mass is 32.2. The van der Waals surface area contributed by atoms with Gasteiger partial charge in [0.25, 0.3) is 0 Å². The molecule has 1 aromatic rings. The third-order valence-electron chi connectivity index (χ3n) is 4.39. The van der Waals surface area contributed by atoms with E-state index in [1.54, 1.807) is 6.07 Å². The number of hydrogen-bond donors (Lipinski definition) is 2. The largest absolute Gasteiger partial charge is 0.398 e. The molecular formula is C15H24N2O2S. The van der Waals surface area contributed by atoms with Gasteiger partial charge in [-0.1, -0.05) is 25.8 Å². The minimum atomic E-state index is -3.55. The maximum atomic E-state index is 12.6. The summed E-state index contributed by atoms with van der Waals surface area (Å²) in [6.07, 6.45) is 4.26. The van der Waals surface area contributed by atoms with Crippen molar-refractivity contribution in [3.05, 3.63) is 23.3 Å². The second kappa shape index (κ2) is 5.74. The maximum absolute atomic E-state index is 12.6. The van der Waals surface area contributed by atoms with Gasteiger partial charge in [-0.3, -0.25) is 0 Å². The van der Waals surface area contributed by atoms with Gasteiger partial charge in [0.05, 0.1) is 5.69 Å². The van der Waals surface area contributed by atoms with Gasteiger partial charge < -0.3 is 5.73 Å². The lowest BCUT2D eigenvalue weighted by molar-refractivity contribution is 0.310. The van der Waals surface area contributed by atoms with Crippen LogP contribution in [0.5, 0.6) is 0 Å². The van der Waals surface area contributed by atoms with E-state index in [4.69, 9.17) is 5.73 Å². The van der Waals surface area contributed by atoms with Crippen molar-refractivity contribution in [2.45, 2.75) is 57.4 Å². The Kier molecular flexibility index (Phi) is 4.39. The van der Waals surface area contributed by atoms with E-state index in [2.05, 4.69) is 11.6 Å². The van der Waals surface area contributed by atoms with Gasteiger partial charge in [0.2, 0.25) is 10.0 Å². The maximum Gasteiger partial charge on any atom is 0.243 e. The average molecular weight is 296 g/mol. The molecule has 0 saturated heterocycles. The number of anilines is 1. The lowest BCUT2D eigenvalue weighted by atomic mass is 9.87. The fraction of sp³-hybridized carbons (Fsp3) is 0.600. The molecule has 1 aliphatic rings. The average Bonchev–Trinajstić information content (AvgIpc) is 2.37. The van der Waals surface area contributed by atoms with Gasteiger partial charge in [-0.05, 0) is 49.8 Å². The zero-order valence-corrected chi connectivity index (χ0v) is 13.3. The number of aryl methyl sites for hydroxylation is 1. The smallest absolute Gasteiger partial charge is 0.243 e. The zero-order valence-electron chi connectivity index (χ0n) is 12.4. The predicted octanol–water partition coefficient (Wildman–Crippen LogP) is 2.74. The highest BCUT2D eigenvalue weighted by molar-refractivity contribution is 7.89. The first kappa shape index (κ1) is 15.3. The standard InChI is InChI=1S/C15H24N2O2S/c1-10-8-9-13(16)15(12(10)3)20(18,19)17-14-7-5-4-6-11(14)2/h8-9,11,14,17H,4-7,16H2,1-3H3. The Balaban J connectivity index is 2.33. The number of hydrogen-bond acceptors (Lipinski definition) is 3. The molecule has 2 atom stereocenters. The number of nitrogen functional groups attached to an aromatic ring is 1. The van der Waals surface area contributed by atoms with Gasteiger partial charge in [0.1, 0.15) is 4.90 Å². The van der Waals surface area contributed by atoms with Crippen molar-refractivity contribution in [1.82, 2.24) is 4.72 Å². The van der Waals surface area contributed by atoms with E-state index in [0.29, 0.717) is 11.6 Å². The monoisotopic (exact) mass is 296 g/mol. The third-order valence-corrected chi connectivity index (χ3v) is 6.09. The van der Waals surface area contributed by atoms with E-state index in [-0.39, 0.29) is 10.9 Å². The number of benzene rings is 1. The van der Waals surface area contributed by atoms with E-state index < -0.39 is 10.0 Å². The fourth-order valence-electron chi connectivity index (χ4n) is 2.92. The van der Waals surface area contributed by atoms with Crippen molar-refractivity contribution < 1.29 is 8.42 Å². The normalized spacial score (nSPS) is 23.8. The quantitative estimate of drug-likeness (QED) is 0.842. The molecule has 0 radical (unpaired) electrons. The first-order valence-corrected chi connectivity index (χ1v) is 8.69. The zero-order chi connectivity index (χ0) is 14.9. The molecule has 0 heterocycles. The molecule has 1 fully saturated rings. The summed E-state index contributed by atoms with van der Waals surface area (Å²) in [7, 11) is -3.55. The van der Waals surface area contributed by atoms with Crippen molar-refractivity contribution in [1.29, 1.82) is 0 Å². The first-order chi connectivity index (χ1) is 9.33. The Hall–Kier alpha value is -1.07. The Morgan fingerprint density at radius 1 is 1.20 bits per heavy atom. The number of sulfonamides is 1. The summed E-state index contributed by atoms with van der Waals surface area (Å²) in [4.78, 5) is 0.246. The summed E-state index contributed by atoms with van der Waals surface area (Å²) in [5, 5.41) is 0. The number of nitrogens with one attached hydrogen (secondary N) is 1. The lowest BCUT2D eigenvalue weighted by Crippen LogP contribution is -2.41. The number of nitrogens with two attached hydrogens (primary N) is 1. The van der Waals surface area contributed by atoms with Gasteiger partial charge in [0.15, 0.2) is 0 Å². The molecule has 5 heteroatoms. The van der Waals surface area contributed by atoms with Crippen molar-refractivity contribution in [2.24, 2.45) is 5.92 Å². The molecule has 0 aromatic heterocycles. The molecule has 2 unspecified atom stereocenters. The Morgan fingerprint density at radius 3 is 2.50 bits per heavy atom. The molecule has 0 bridgehead atoms. The van der Waals surface area contributed by atoms with Crippen LogP contribution in [-0.2, 0) is 10.0 Å². The predicted molar refractivity (Wildman–Crippen MR) is 82.1 cm³/mol. The van der Waals surface area contributed by atoms with Crippen LogP contribution in [0.1, 0.15) is 43.7 Å². The van der Waals surface area contributed by atoms with Crippen LogP contribution >= 0.6 is 0 Å². The van der Waals surface area contributed by atoms with Gasteiger partial charge in [0, 0.05) is 6.04 Å². The van der Waals surface area contributed by atoms with Gasteiger partial charge in [-0.2, -0.15) is 0 Å². The molecule has 0 amide bonds. The molecule has 1 saturated carbocycles. The summed E-state index contributed by atoms with van der Waals surface area (Å²) < 4.78 is 28.2. The highest BCUT2D eigenvalue weighted by Gasteiger charge is 2.29. The molecule has 4 nitrogen and oxygen atoms in total. The van der Waals surface area contributed by atoms with Crippen LogP contribution in [0.2, 0.25) is 0 Å². The van der Waals surface area contributed by atoms with Crippen molar-refractivity contribution in [2.75, 3.05) is 5.73 Å². The molecular weight excluding hydrogens is 272 g/mol. The number of rotatable bonds is 3. The van der Waals surface area contributed by atoms with Gasteiger partial charge >= 0.3 is 0 Å². The molecule has 1 aromatic carbocycles. The summed E-state index contributed by atoms with van der Waals surface area (Å²) in [5.41, 5.74) is 7.90. The van der Waals surface area contributed by atoms with Crippen LogP contribution in [-0.4, -0.2) is 14.5 Å². The molecule has 0 spiro atoms. The summed E-state index contributed by atoms with van der Waals surface area (Å²) >= 11 is 0. The van der Waals surface area contributed by atoms with Crippen molar-refractivity contribution in [3.8, 4) is 0 Å². The van der Waals surface area contributed by atoms with Crippen molar-refractivity contribution >= 4 is 15.7 Å². The van der Waals surface area contributed by atoms with E-state index in [0.717, 1.165) is 30.4 Å². The van der Waals surface area contributed by atoms with Gasteiger partial charge in [-0.15, -0.1) is 0 Å². The van der Waals surface area contributed by atoms with Crippen LogP contribution < -0.4 is 10.5 Å². The van der Waals surface area contributed by atoms with Crippen molar-refractivity contribution in [3.63, 3.8) is 0 Å². The van der Waals surface area contributed by atoms with Crippen LogP contribution in [0.4, 0.5) is 5.69 Å². The van der Waals surface area contributed by atoms with E-state index in [9.17, 15) is 8.42 Å². The van der Waals surface area contributed by atoms with Gasteiger partial charge in [-0.25, -0.2) is 13.1 Å². The molecule has 1 aliphatic carbocycles. The SMILES string of the molecule is Cc1ccc(N)c(S(=O)(=O)NC2CCCCC2C)c1C. The minimum Gasteiger partial charge on any atom is -0.398 e. The van der Waals surface area contributed by atoms with Crippen LogP contribution in [0.25, 0.3) is 0 Å². The summed E-state index contributed by atoms with van der Waals surface area (Å²) in [6, 6.07) is 3.54. The van der Waals surface area contributed by atoms with E-state index >= 15 is 0 Å². The molecule has 2 rings (SSSR count). The Morgan fingerprint density at radius 2 is 1.85 bits per heavy atom. The minimum absolute atomic E-state index is 0.0214. The van der Waals surface area contributed by atoms with E-state index in [1.807, 2.05) is 19.9 Å². The third kappa shape index (κ3) is 2.99. The second-order valence-corrected chi connectivity index (χ2v) is 7.57. The van der Waals surface area contributed by atoms with Crippen LogP contribution in [0, 0.1) is 19.8 Å². The molecule has 0 aliphatic heterocycles.